The molecule has 150 valence electrons. The Kier molecular flexibility index (Phi) is 5.92. The van der Waals surface area contributed by atoms with Gasteiger partial charge in [-0.15, -0.1) is 10.2 Å². The zero-order valence-electron chi connectivity index (χ0n) is 15.8. The smallest absolute Gasteiger partial charge is 0.223 e. The average molecular weight is 406 g/mol. The second-order valence-electron chi connectivity index (χ2n) is 7.58. The van der Waals surface area contributed by atoms with Crippen LogP contribution in [0.4, 0.5) is 4.39 Å². The zero-order valence-corrected chi connectivity index (χ0v) is 16.6. The average Bonchev–Trinajstić information content (AvgIpc) is 2.89. The third kappa shape index (κ3) is 4.20. The number of amides is 1. The number of hydrogen-bond donors (Lipinski definition) is 1. The van der Waals surface area contributed by atoms with Crippen LogP contribution in [0.1, 0.15) is 36.5 Å². The molecule has 28 heavy (non-hydrogen) atoms. The SMILES string of the molecule is O=C(NCCc1nnc2n1CCN(Cc1c(F)cccc1Cl)CC2)C1CCC1. The highest BCUT2D eigenvalue weighted by Crippen LogP contribution is 2.26. The summed E-state index contributed by atoms with van der Waals surface area (Å²) in [6.07, 6.45) is 4.60. The molecule has 8 heteroatoms. The second-order valence-corrected chi connectivity index (χ2v) is 7.99. The lowest BCUT2D eigenvalue weighted by Gasteiger charge is -2.24. The first-order chi connectivity index (χ1) is 13.6. The van der Waals surface area contributed by atoms with Crippen molar-refractivity contribution in [3.63, 3.8) is 0 Å². The quantitative estimate of drug-likeness (QED) is 0.802. The van der Waals surface area contributed by atoms with Crippen LogP contribution in [0.2, 0.25) is 5.02 Å². The van der Waals surface area contributed by atoms with Gasteiger partial charge in [-0.3, -0.25) is 9.69 Å². The minimum absolute atomic E-state index is 0.162. The lowest BCUT2D eigenvalue weighted by atomic mass is 9.85. The van der Waals surface area contributed by atoms with Gasteiger partial charge in [0.1, 0.15) is 17.5 Å². The van der Waals surface area contributed by atoms with E-state index in [0.29, 0.717) is 30.1 Å². The molecule has 2 aromatic rings. The van der Waals surface area contributed by atoms with Crippen molar-refractivity contribution in [2.45, 2.75) is 45.2 Å². The third-order valence-electron chi connectivity index (χ3n) is 5.76. The molecule has 0 unspecified atom stereocenters. The van der Waals surface area contributed by atoms with Gasteiger partial charge in [0.15, 0.2) is 0 Å². The van der Waals surface area contributed by atoms with Crippen LogP contribution < -0.4 is 5.32 Å². The Morgan fingerprint density at radius 3 is 2.86 bits per heavy atom. The molecule has 0 bridgehead atoms. The molecule has 0 radical (unpaired) electrons. The van der Waals surface area contributed by atoms with E-state index in [-0.39, 0.29) is 17.6 Å². The molecule has 2 heterocycles. The number of fused-ring (bicyclic) bond motifs is 1. The van der Waals surface area contributed by atoms with Crippen molar-refractivity contribution >= 4 is 17.5 Å². The van der Waals surface area contributed by atoms with E-state index in [1.54, 1.807) is 12.1 Å². The number of rotatable bonds is 6. The third-order valence-corrected chi connectivity index (χ3v) is 6.12. The van der Waals surface area contributed by atoms with Gasteiger partial charge in [-0.25, -0.2) is 4.39 Å². The van der Waals surface area contributed by atoms with Crippen LogP contribution in [0.25, 0.3) is 0 Å². The Labute approximate surface area is 169 Å². The first-order valence-corrected chi connectivity index (χ1v) is 10.3. The molecule has 4 rings (SSSR count). The highest BCUT2D eigenvalue weighted by atomic mass is 35.5. The number of carbonyl (C=O) groups is 1. The molecule has 1 aromatic heterocycles. The number of nitrogens with one attached hydrogen (secondary N) is 1. The Hall–Kier alpha value is -1.99. The fraction of sp³-hybridized carbons (Fsp3) is 0.550. The van der Waals surface area contributed by atoms with Crippen molar-refractivity contribution in [1.82, 2.24) is 25.0 Å². The van der Waals surface area contributed by atoms with Crippen LogP contribution in [0.5, 0.6) is 0 Å². The van der Waals surface area contributed by atoms with Crippen LogP contribution in [-0.2, 0) is 30.7 Å². The molecule has 0 spiro atoms. The van der Waals surface area contributed by atoms with Gasteiger partial charge in [0.25, 0.3) is 0 Å². The zero-order chi connectivity index (χ0) is 19.5. The monoisotopic (exact) mass is 405 g/mol. The predicted octanol–water partition coefficient (Wildman–Crippen LogP) is 2.59. The predicted molar refractivity (Wildman–Crippen MR) is 104 cm³/mol. The van der Waals surface area contributed by atoms with Crippen molar-refractivity contribution in [2.75, 3.05) is 19.6 Å². The Morgan fingerprint density at radius 2 is 2.11 bits per heavy atom. The molecule has 1 amide bonds. The Balaban J connectivity index is 1.33. The van der Waals surface area contributed by atoms with Gasteiger partial charge < -0.3 is 9.88 Å². The lowest BCUT2D eigenvalue weighted by Crippen LogP contribution is -2.35. The van der Waals surface area contributed by atoms with E-state index >= 15 is 0 Å². The van der Waals surface area contributed by atoms with Gasteiger partial charge >= 0.3 is 0 Å². The Bertz CT molecular complexity index is 831. The molecular weight excluding hydrogens is 381 g/mol. The highest BCUT2D eigenvalue weighted by Gasteiger charge is 2.25. The van der Waals surface area contributed by atoms with Crippen molar-refractivity contribution in [3.8, 4) is 0 Å². The van der Waals surface area contributed by atoms with E-state index in [1.165, 1.54) is 6.07 Å². The van der Waals surface area contributed by atoms with Gasteiger partial charge in [-0.2, -0.15) is 0 Å². The summed E-state index contributed by atoms with van der Waals surface area (Å²) < 4.78 is 16.2. The van der Waals surface area contributed by atoms with Gasteiger partial charge in [-0.1, -0.05) is 24.1 Å². The molecular formula is C20H25ClFN5O. The second kappa shape index (κ2) is 8.57. The summed E-state index contributed by atoms with van der Waals surface area (Å²) in [5.74, 6) is 1.94. The molecule has 2 aliphatic rings. The number of carbonyl (C=O) groups excluding carboxylic acids is 1. The van der Waals surface area contributed by atoms with Crippen molar-refractivity contribution in [1.29, 1.82) is 0 Å². The van der Waals surface area contributed by atoms with Crippen LogP contribution in [0.15, 0.2) is 18.2 Å². The number of hydrogen-bond acceptors (Lipinski definition) is 4. The van der Waals surface area contributed by atoms with Gasteiger partial charge in [0, 0.05) is 62.1 Å². The number of aromatic nitrogens is 3. The summed E-state index contributed by atoms with van der Waals surface area (Å²) in [5, 5.41) is 12.1. The summed E-state index contributed by atoms with van der Waals surface area (Å²) >= 11 is 6.17. The molecule has 1 aromatic carbocycles. The van der Waals surface area contributed by atoms with E-state index in [2.05, 4.69) is 25.0 Å². The Morgan fingerprint density at radius 1 is 1.25 bits per heavy atom. The van der Waals surface area contributed by atoms with Crippen LogP contribution in [0, 0.1) is 11.7 Å². The standard InChI is InChI=1S/C20H25ClFN5O/c21-16-5-2-6-17(22)15(16)13-26-10-8-19-25-24-18(27(19)12-11-26)7-9-23-20(28)14-3-1-4-14/h2,5-6,14H,1,3-4,7-13H2,(H,23,28). The normalized spacial score (nSPS) is 17.6. The number of nitrogens with zero attached hydrogens (tertiary/aromatic N) is 4. The fourth-order valence-electron chi connectivity index (χ4n) is 3.79. The lowest BCUT2D eigenvalue weighted by molar-refractivity contribution is -0.127. The van der Waals surface area contributed by atoms with Gasteiger partial charge in [0.2, 0.25) is 5.91 Å². The minimum atomic E-state index is -0.265. The maximum absolute atomic E-state index is 14.1. The molecule has 6 nitrogen and oxygen atoms in total. The van der Waals surface area contributed by atoms with E-state index in [9.17, 15) is 9.18 Å². The first-order valence-electron chi connectivity index (χ1n) is 9.95. The fourth-order valence-corrected chi connectivity index (χ4v) is 4.01. The van der Waals surface area contributed by atoms with Crippen LogP contribution in [0.3, 0.4) is 0 Å². The molecule has 1 N–H and O–H groups in total. The van der Waals surface area contributed by atoms with Crippen molar-refractivity contribution in [2.24, 2.45) is 5.92 Å². The van der Waals surface area contributed by atoms with Crippen molar-refractivity contribution < 1.29 is 9.18 Å². The van der Waals surface area contributed by atoms with Gasteiger partial charge in [-0.05, 0) is 25.0 Å². The molecule has 1 fully saturated rings. The van der Waals surface area contributed by atoms with E-state index in [0.717, 1.165) is 57.0 Å². The summed E-state index contributed by atoms with van der Waals surface area (Å²) in [6, 6.07) is 4.80. The van der Waals surface area contributed by atoms with Gasteiger partial charge in [0.05, 0.1) is 0 Å². The molecule has 1 aliphatic heterocycles. The summed E-state index contributed by atoms with van der Waals surface area (Å²) in [4.78, 5) is 14.2. The topological polar surface area (TPSA) is 63.1 Å². The van der Waals surface area contributed by atoms with E-state index in [1.807, 2.05) is 0 Å². The first kappa shape index (κ1) is 19.3. The molecule has 0 atom stereocenters. The summed E-state index contributed by atoms with van der Waals surface area (Å²) in [6.45, 7) is 3.37. The van der Waals surface area contributed by atoms with E-state index in [4.69, 9.17) is 11.6 Å². The maximum Gasteiger partial charge on any atom is 0.223 e. The van der Waals surface area contributed by atoms with E-state index < -0.39 is 0 Å². The minimum Gasteiger partial charge on any atom is -0.355 e. The number of halogens is 2. The van der Waals surface area contributed by atoms with Crippen molar-refractivity contribution in [3.05, 3.63) is 46.3 Å². The maximum atomic E-state index is 14.1. The summed E-state index contributed by atoms with van der Waals surface area (Å²) in [7, 11) is 0. The van der Waals surface area contributed by atoms with Crippen LogP contribution >= 0.6 is 11.6 Å². The number of benzene rings is 1. The molecule has 1 aliphatic carbocycles. The van der Waals surface area contributed by atoms with Crippen LogP contribution in [-0.4, -0.2) is 45.2 Å². The summed E-state index contributed by atoms with van der Waals surface area (Å²) in [5.41, 5.74) is 0.542. The highest BCUT2D eigenvalue weighted by molar-refractivity contribution is 6.31. The largest absolute Gasteiger partial charge is 0.355 e. The molecule has 0 saturated heterocycles. The molecule has 1 saturated carbocycles.